The van der Waals surface area contributed by atoms with E-state index in [0.717, 1.165) is 38.5 Å². The Labute approximate surface area is 336 Å². The quantitative estimate of drug-likeness (QED) is 0.0424. The molecule has 0 aliphatic heterocycles. The molecule has 0 spiro atoms. The summed E-state index contributed by atoms with van der Waals surface area (Å²) >= 11 is 0. The van der Waals surface area contributed by atoms with Gasteiger partial charge in [0.25, 0.3) is 0 Å². The number of rotatable bonds is 44. The Balaban J connectivity index is 4.40. The Morgan fingerprint density at radius 1 is 0.463 bits per heavy atom. The van der Waals surface area contributed by atoms with Gasteiger partial charge in [0.15, 0.2) is 0 Å². The minimum atomic E-state index is -0.776. The van der Waals surface area contributed by atoms with Crippen LogP contribution in [0.25, 0.3) is 0 Å². The van der Waals surface area contributed by atoms with Crippen molar-refractivity contribution in [1.82, 2.24) is 5.32 Å². The Bertz CT molecular complexity index is 776. The third-order valence-corrected chi connectivity index (χ3v) is 11.4. The summed E-state index contributed by atoms with van der Waals surface area (Å²) in [6.07, 6.45) is 44.6. The van der Waals surface area contributed by atoms with Gasteiger partial charge in [0.1, 0.15) is 6.10 Å². The van der Waals surface area contributed by atoms with Crippen molar-refractivity contribution in [2.75, 3.05) is 6.61 Å². The van der Waals surface area contributed by atoms with Crippen molar-refractivity contribution in [2.45, 2.75) is 289 Å². The van der Waals surface area contributed by atoms with Crippen molar-refractivity contribution in [3.63, 3.8) is 0 Å². The molecule has 0 bridgehead atoms. The predicted octanol–water partition coefficient (Wildman–Crippen LogP) is 14.0. The van der Waals surface area contributed by atoms with Crippen LogP contribution in [0.1, 0.15) is 271 Å². The highest BCUT2D eigenvalue weighted by Gasteiger charge is 2.24. The monoisotopic (exact) mass is 766 g/mol. The van der Waals surface area contributed by atoms with Crippen molar-refractivity contribution in [1.29, 1.82) is 0 Å². The summed E-state index contributed by atoms with van der Waals surface area (Å²) in [6, 6.07) is -0.689. The fraction of sp³-hybridized carbons (Fsp3) is 0.958. The van der Waals surface area contributed by atoms with E-state index in [2.05, 4.69) is 26.1 Å². The second kappa shape index (κ2) is 43.0. The predicted molar refractivity (Wildman–Crippen MR) is 232 cm³/mol. The van der Waals surface area contributed by atoms with Crippen LogP contribution in [-0.4, -0.2) is 46.9 Å². The highest BCUT2D eigenvalue weighted by Crippen LogP contribution is 2.18. The smallest absolute Gasteiger partial charge is 0.306 e. The fourth-order valence-electron chi connectivity index (χ4n) is 7.73. The van der Waals surface area contributed by atoms with E-state index in [1.165, 1.54) is 186 Å². The SMILES string of the molecule is CCCCCCCCCCCCCCCCCCCC(=O)OC(CCCCCCCCCCC)CC(=O)NC(CO)C(O)CCCCCCCCCCC. The lowest BCUT2D eigenvalue weighted by Crippen LogP contribution is -2.46. The molecule has 6 nitrogen and oxygen atoms in total. The van der Waals surface area contributed by atoms with E-state index in [1.54, 1.807) is 0 Å². The first-order valence-corrected chi connectivity index (χ1v) is 24.3. The van der Waals surface area contributed by atoms with Gasteiger partial charge in [-0.2, -0.15) is 0 Å². The summed E-state index contributed by atoms with van der Waals surface area (Å²) in [4.78, 5) is 26.0. The molecule has 0 aromatic carbocycles. The van der Waals surface area contributed by atoms with Crippen LogP contribution in [0.5, 0.6) is 0 Å². The van der Waals surface area contributed by atoms with E-state index >= 15 is 0 Å². The van der Waals surface area contributed by atoms with Gasteiger partial charge in [0, 0.05) is 6.42 Å². The van der Waals surface area contributed by atoms with Crippen molar-refractivity contribution in [3.8, 4) is 0 Å². The van der Waals surface area contributed by atoms with Crippen molar-refractivity contribution < 1.29 is 24.5 Å². The van der Waals surface area contributed by atoms with E-state index in [4.69, 9.17) is 4.74 Å². The average molecular weight is 766 g/mol. The molecule has 0 fully saturated rings. The Morgan fingerprint density at radius 2 is 0.778 bits per heavy atom. The molecular formula is C48H95NO5. The highest BCUT2D eigenvalue weighted by atomic mass is 16.5. The molecular weight excluding hydrogens is 671 g/mol. The number of amides is 1. The molecule has 3 unspecified atom stereocenters. The van der Waals surface area contributed by atoms with E-state index in [0.29, 0.717) is 19.3 Å². The standard InChI is InChI=1S/C48H95NO5/c1-4-7-10-13-16-19-20-21-22-23-24-25-26-29-32-35-38-41-48(53)54-44(39-36-33-30-27-17-14-11-8-5-2)42-47(52)49-45(43-50)46(51)40-37-34-31-28-18-15-12-9-6-3/h44-46,50-51H,4-43H2,1-3H3,(H,49,52). The van der Waals surface area contributed by atoms with Crippen LogP contribution in [-0.2, 0) is 14.3 Å². The zero-order valence-corrected chi connectivity index (χ0v) is 36.6. The number of unbranched alkanes of at least 4 members (excludes halogenated alkanes) is 32. The zero-order chi connectivity index (χ0) is 39.6. The van der Waals surface area contributed by atoms with Gasteiger partial charge in [-0.25, -0.2) is 0 Å². The van der Waals surface area contributed by atoms with Gasteiger partial charge < -0.3 is 20.3 Å². The lowest BCUT2D eigenvalue weighted by Gasteiger charge is -2.24. The van der Waals surface area contributed by atoms with Crippen LogP contribution < -0.4 is 5.32 Å². The normalized spacial score (nSPS) is 13.2. The van der Waals surface area contributed by atoms with Crippen LogP contribution in [0.15, 0.2) is 0 Å². The maximum Gasteiger partial charge on any atom is 0.306 e. The van der Waals surface area contributed by atoms with Crippen molar-refractivity contribution >= 4 is 11.9 Å². The minimum absolute atomic E-state index is 0.0864. The number of carbonyl (C=O) groups is 2. The van der Waals surface area contributed by atoms with Gasteiger partial charge in [0.2, 0.25) is 5.91 Å². The molecule has 0 saturated heterocycles. The molecule has 322 valence electrons. The number of aliphatic hydroxyl groups is 2. The van der Waals surface area contributed by atoms with Gasteiger partial charge in [0.05, 0.1) is 25.2 Å². The van der Waals surface area contributed by atoms with Gasteiger partial charge in [-0.15, -0.1) is 0 Å². The Morgan fingerprint density at radius 3 is 1.13 bits per heavy atom. The second-order valence-electron chi connectivity index (χ2n) is 16.9. The topological polar surface area (TPSA) is 95.9 Å². The number of esters is 1. The lowest BCUT2D eigenvalue weighted by atomic mass is 10.0. The van der Waals surface area contributed by atoms with Crippen molar-refractivity contribution in [3.05, 3.63) is 0 Å². The van der Waals surface area contributed by atoms with Gasteiger partial charge >= 0.3 is 5.97 Å². The summed E-state index contributed by atoms with van der Waals surface area (Å²) in [5.41, 5.74) is 0. The van der Waals surface area contributed by atoms with Crippen LogP contribution in [0.2, 0.25) is 0 Å². The summed E-state index contributed by atoms with van der Waals surface area (Å²) in [5, 5.41) is 23.6. The number of nitrogens with one attached hydrogen (secondary N) is 1. The van der Waals surface area contributed by atoms with E-state index in [1.807, 2.05) is 0 Å². The summed E-state index contributed by atoms with van der Waals surface area (Å²) < 4.78 is 5.91. The molecule has 3 atom stereocenters. The molecule has 0 heterocycles. The van der Waals surface area contributed by atoms with E-state index in [9.17, 15) is 19.8 Å². The second-order valence-corrected chi connectivity index (χ2v) is 16.9. The van der Waals surface area contributed by atoms with Crippen LogP contribution in [0, 0.1) is 0 Å². The lowest BCUT2D eigenvalue weighted by molar-refractivity contribution is -0.151. The largest absolute Gasteiger partial charge is 0.462 e. The van der Waals surface area contributed by atoms with Crippen LogP contribution in [0.3, 0.4) is 0 Å². The number of carbonyl (C=O) groups excluding carboxylic acids is 2. The molecule has 0 aliphatic carbocycles. The third kappa shape index (κ3) is 37.8. The maximum absolute atomic E-state index is 13.1. The molecule has 54 heavy (non-hydrogen) atoms. The number of hydrogen-bond donors (Lipinski definition) is 3. The van der Waals surface area contributed by atoms with E-state index < -0.39 is 18.2 Å². The Kier molecular flexibility index (Phi) is 42.1. The molecule has 3 N–H and O–H groups in total. The highest BCUT2D eigenvalue weighted by molar-refractivity contribution is 5.77. The van der Waals surface area contributed by atoms with Gasteiger partial charge in [-0.1, -0.05) is 233 Å². The molecule has 0 saturated carbocycles. The Hall–Kier alpha value is -1.14. The average Bonchev–Trinajstić information content (AvgIpc) is 3.16. The molecule has 0 aliphatic rings. The molecule has 0 radical (unpaired) electrons. The summed E-state index contributed by atoms with van der Waals surface area (Å²) in [7, 11) is 0. The fourth-order valence-corrected chi connectivity index (χ4v) is 7.73. The first-order valence-electron chi connectivity index (χ1n) is 24.3. The molecule has 0 aromatic rings. The molecule has 6 heteroatoms. The van der Waals surface area contributed by atoms with Gasteiger partial charge in [-0.3, -0.25) is 9.59 Å². The third-order valence-electron chi connectivity index (χ3n) is 11.4. The van der Waals surface area contributed by atoms with Crippen LogP contribution in [0.4, 0.5) is 0 Å². The summed E-state index contributed by atoms with van der Waals surface area (Å²) in [5.74, 6) is -0.458. The van der Waals surface area contributed by atoms with Crippen LogP contribution >= 0.6 is 0 Å². The molecule has 0 rings (SSSR count). The minimum Gasteiger partial charge on any atom is -0.462 e. The van der Waals surface area contributed by atoms with E-state index in [-0.39, 0.29) is 24.9 Å². The number of aliphatic hydroxyl groups excluding tert-OH is 2. The molecule has 0 aromatic heterocycles. The first-order chi connectivity index (χ1) is 26.5. The maximum atomic E-state index is 13.1. The number of hydrogen-bond acceptors (Lipinski definition) is 5. The zero-order valence-electron chi connectivity index (χ0n) is 36.6. The summed E-state index contributed by atoms with van der Waals surface area (Å²) in [6.45, 7) is 6.47. The van der Waals surface area contributed by atoms with Crippen molar-refractivity contribution in [2.24, 2.45) is 0 Å². The first kappa shape index (κ1) is 52.9. The molecule has 1 amide bonds. The number of ether oxygens (including phenoxy) is 1. The van der Waals surface area contributed by atoms with Gasteiger partial charge in [-0.05, 0) is 25.7 Å².